The van der Waals surface area contributed by atoms with E-state index < -0.39 is 7.12 Å². The molecule has 2 nitrogen and oxygen atoms in total. The van der Waals surface area contributed by atoms with Gasteiger partial charge >= 0.3 is 7.12 Å². The molecule has 0 aliphatic carbocycles. The Morgan fingerprint density at radius 2 is 1.45 bits per heavy atom. The van der Waals surface area contributed by atoms with E-state index in [4.69, 9.17) is 0 Å². The molecule has 0 radical (unpaired) electrons. The molecular formula is C18H13BO2S. The second kappa shape index (κ2) is 5.25. The van der Waals surface area contributed by atoms with Crippen LogP contribution >= 0.6 is 11.3 Å². The van der Waals surface area contributed by atoms with E-state index in [9.17, 15) is 10.0 Å². The minimum atomic E-state index is -1.46. The summed E-state index contributed by atoms with van der Waals surface area (Å²) >= 11 is 1.76. The first-order chi connectivity index (χ1) is 10.7. The minimum absolute atomic E-state index is 0.531. The van der Waals surface area contributed by atoms with E-state index in [-0.39, 0.29) is 0 Å². The highest BCUT2D eigenvalue weighted by molar-refractivity contribution is 7.25. The summed E-state index contributed by atoms with van der Waals surface area (Å²) in [6, 6.07) is 22.1. The van der Waals surface area contributed by atoms with Gasteiger partial charge in [0.1, 0.15) is 0 Å². The molecule has 0 bridgehead atoms. The third-order valence-corrected chi connectivity index (χ3v) is 5.06. The maximum absolute atomic E-state index is 9.55. The maximum Gasteiger partial charge on any atom is 0.489 e. The van der Waals surface area contributed by atoms with E-state index in [1.165, 1.54) is 20.2 Å². The zero-order chi connectivity index (χ0) is 15.1. The summed E-state index contributed by atoms with van der Waals surface area (Å²) < 4.78 is 2.48. The van der Waals surface area contributed by atoms with Gasteiger partial charge in [-0.15, -0.1) is 11.3 Å². The average molecular weight is 304 g/mol. The largest absolute Gasteiger partial charge is 0.489 e. The molecule has 0 unspecified atom stereocenters. The van der Waals surface area contributed by atoms with Crippen LogP contribution in [0.2, 0.25) is 0 Å². The van der Waals surface area contributed by atoms with Crippen LogP contribution in [0.15, 0.2) is 66.7 Å². The standard InChI is InChI=1S/C18H13BO2S/c20-19(21)16-7-3-1-5-13(16)12-9-10-15-14-6-2-4-8-17(14)22-18(15)11-12/h1-11,20-21H. The van der Waals surface area contributed by atoms with Crippen LogP contribution in [0.4, 0.5) is 0 Å². The topological polar surface area (TPSA) is 40.5 Å². The maximum atomic E-state index is 9.55. The molecular weight excluding hydrogens is 291 g/mol. The quantitative estimate of drug-likeness (QED) is 0.557. The molecule has 0 amide bonds. The average Bonchev–Trinajstić information content (AvgIpc) is 2.92. The van der Waals surface area contributed by atoms with Crippen LogP contribution in [0.1, 0.15) is 0 Å². The second-order valence-electron chi connectivity index (χ2n) is 5.27. The number of thiophene rings is 1. The molecule has 0 atom stereocenters. The summed E-state index contributed by atoms with van der Waals surface area (Å²) in [6.45, 7) is 0. The summed E-state index contributed by atoms with van der Waals surface area (Å²) in [7, 11) is -1.46. The highest BCUT2D eigenvalue weighted by atomic mass is 32.1. The summed E-state index contributed by atoms with van der Waals surface area (Å²) in [5.41, 5.74) is 2.39. The molecule has 4 aromatic rings. The van der Waals surface area contributed by atoms with Gasteiger partial charge in [-0.25, -0.2) is 0 Å². The SMILES string of the molecule is OB(O)c1ccccc1-c1ccc2c(c1)sc1ccccc12. The Bertz CT molecular complexity index is 975. The van der Waals surface area contributed by atoms with Crippen molar-refractivity contribution in [1.29, 1.82) is 0 Å². The Labute approximate surface area is 132 Å². The highest BCUT2D eigenvalue weighted by Crippen LogP contribution is 2.35. The number of hydrogen-bond donors (Lipinski definition) is 2. The Morgan fingerprint density at radius 1 is 0.727 bits per heavy atom. The molecule has 0 saturated carbocycles. The summed E-state index contributed by atoms with van der Waals surface area (Å²) in [4.78, 5) is 0. The fourth-order valence-corrected chi connectivity index (χ4v) is 4.02. The normalized spacial score (nSPS) is 11.2. The van der Waals surface area contributed by atoms with Crippen LogP contribution < -0.4 is 5.46 Å². The van der Waals surface area contributed by atoms with Crippen LogP contribution in [-0.2, 0) is 0 Å². The van der Waals surface area contributed by atoms with Gasteiger partial charge in [-0.3, -0.25) is 0 Å². The molecule has 1 aromatic heterocycles. The predicted molar refractivity (Wildman–Crippen MR) is 94.6 cm³/mol. The third-order valence-electron chi connectivity index (χ3n) is 3.93. The van der Waals surface area contributed by atoms with Gasteiger partial charge in [0.15, 0.2) is 0 Å². The van der Waals surface area contributed by atoms with Crippen molar-refractivity contribution in [2.45, 2.75) is 0 Å². The van der Waals surface area contributed by atoms with Gasteiger partial charge in [0, 0.05) is 20.2 Å². The first-order valence-electron chi connectivity index (χ1n) is 7.11. The number of fused-ring (bicyclic) bond motifs is 3. The van der Waals surface area contributed by atoms with Gasteiger partial charge in [-0.1, -0.05) is 54.6 Å². The lowest BCUT2D eigenvalue weighted by Crippen LogP contribution is -2.31. The number of rotatable bonds is 2. The zero-order valence-electron chi connectivity index (χ0n) is 11.7. The molecule has 4 heteroatoms. The van der Waals surface area contributed by atoms with Gasteiger partial charge in [0.25, 0.3) is 0 Å². The molecule has 3 aromatic carbocycles. The lowest BCUT2D eigenvalue weighted by atomic mass is 9.75. The van der Waals surface area contributed by atoms with E-state index in [1.54, 1.807) is 17.4 Å². The van der Waals surface area contributed by atoms with Gasteiger partial charge in [0.05, 0.1) is 0 Å². The lowest BCUT2D eigenvalue weighted by molar-refractivity contribution is 0.426. The van der Waals surface area contributed by atoms with Crippen LogP contribution in [0.3, 0.4) is 0 Å². The Hall–Kier alpha value is -2.14. The van der Waals surface area contributed by atoms with Crippen LogP contribution in [0.25, 0.3) is 31.3 Å². The van der Waals surface area contributed by atoms with Crippen molar-refractivity contribution < 1.29 is 10.0 Å². The fourth-order valence-electron chi connectivity index (χ4n) is 2.88. The fraction of sp³-hybridized carbons (Fsp3) is 0. The zero-order valence-corrected chi connectivity index (χ0v) is 12.5. The molecule has 0 saturated heterocycles. The van der Waals surface area contributed by atoms with Crippen molar-refractivity contribution in [3.8, 4) is 11.1 Å². The van der Waals surface area contributed by atoms with Gasteiger partial charge in [0.2, 0.25) is 0 Å². The van der Waals surface area contributed by atoms with E-state index in [1.807, 2.05) is 24.3 Å². The van der Waals surface area contributed by atoms with Crippen molar-refractivity contribution in [3.05, 3.63) is 66.7 Å². The third kappa shape index (κ3) is 2.13. The van der Waals surface area contributed by atoms with Crippen LogP contribution in [0, 0.1) is 0 Å². The summed E-state index contributed by atoms with van der Waals surface area (Å²) in [5.74, 6) is 0. The van der Waals surface area contributed by atoms with E-state index >= 15 is 0 Å². The van der Waals surface area contributed by atoms with Crippen LogP contribution in [-0.4, -0.2) is 17.2 Å². The van der Waals surface area contributed by atoms with Crippen molar-refractivity contribution in [3.63, 3.8) is 0 Å². The van der Waals surface area contributed by atoms with Crippen molar-refractivity contribution >= 4 is 44.1 Å². The van der Waals surface area contributed by atoms with Crippen LogP contribution in [0.5, 0.6) is 0 Å². The van der Waals surface area contributed by atoms with Gasteiger partial charge in [-0.05, 0) is 28.7 Å². The summed E-state index contributed by atoms with van der Waals surface area (Å²) in [6.07, 6.45) is 0. The van der Waals surface area contributed by atoms with Gasteiger partial charge in [-0.2, -0.15) is 0 Å². The molecule has 106 valence electrons. The molecule has 4 rings (SSSR count). The number of benzene rings is 3. The summed E-state index contributed by atoms with van der Waals surface area (Å²) in [5, 5.41) is 21.6. The second-order valence-corrected chi connectivity index (χ2v) is 6.35. The molecule has 22 heavy (non-hydrogen) atoms. The number of hydrogen-bond acceptors (Lipinski definition) is 3. The van der Waals surface area contributed by atoms with E-state index in [0.717, 1.165) is 11.1 Å². The molecule has 1 heterocycles. The van der Waals surface area contributed by atoms with Crippen molar-refractivity contribution in [1.82, 2.24) is 0 Å². The first-order valence-corrected chi connectivity index (χ1v) is 7.92. The van der Waals surface area contributed by atoms with E-state index in [2.05, 4.69) is 36.4 Å². The Morgan fingerprint density at radius 3 is 2.32 bits per heavy atom. The molecule has 0 aliphatic rings. The molecule has 2 N–H and O–H groups in total. The Kier molecular flexibility index (Phi) is 3.23. The Balaban J connectivity index is 1.95. The molecule has 0 aliphatic heterocycles. The highest BCUT2D eigenvalue weighted by Gasteiger charge is 2.16. The predicted octanol–water partition coefficient (Wildman–Crippen LogP) is 3.40. The van der Waals surface area contributed by atoms with Crippen molar-refractivity contribution in [2.75, 3.05) is 0 Å². The lowest BCUT2D eigenvalue weighted by Gasteiger charge is -2.09. The van der Waals surface area contributed by atoms with Gasteiger partial charge < -0.3 is 10.0 Å². The monoisotopic (exact) mass is 304 g/mol. The smallest absolute Gasteiger partial charge is 0.423 e. The first kappa shape index (κ1) is 13.5. The minimum Gasteiger partial charge on any atom is -0.423 e. The molecule has 0 fully saturated rings. The van der Waals surface area contributed by atoms with E-state index in [0.29, 0.717) is 5.46 Å². The van der Waals surface area contributed by atoms with Crippen molar-refractivity contribution in [2.24, 2.45) is 0 Å². The molecule has 0 spiro atoms.